The molecule has 1 aliphatic carbocycles. The molecule has 0 spiro atoms. The lowest BCUT2D eigenvalue weighted by atomic mass is 10.0. The fraction of sp³-hybridized carbons (Fsp3) is 0.917. The van der Waals surface area contributed by atoms with Gasteiger partial charge in [-0.25, -0.2) is 0 Å². The maximum Gasteiger partial charge on any atom is 0.169 e. The third-order valence-electron chi connectivity index (χ3n) is 3.21. The number of hydrogen-bond donors (Lipinski definition) is 1. The van der Waals surface area contributed by atoms with E-state index in [4.69, 9.17) is 12.2 Å². The van der Waals surface area contributed by atoms with Gasteiger partial charge in [0.2, 0.25) is 0 Å². The Labute approximate surface area is 99.4 Å². The lowest BCUT2D eigenvalue weighted by Gasteiger charge is -2.28. The number of hydrogen-bond acceptors (Lipinski definition) is 1. The normalized spacial score (nSPS) is 15.5. The first kappa shape index (κ1) is 12.8. The first-order valence-corrected chi connectivity index (χ1v) is 6.67. The van der Waals surface area contributed by atoms with Gasteiger partial charge < -0.3 is 10.2 Å². The molecule has 1 fully saturated rings. The molecule has 0 bridgehead atoms. The lowest BCUT2D eigenvalue weighted by Crippen LogP contribution is -2.42. The van der Waals surface area contributed by atoms with E-state index in [9.17, 15) is 0 Å². The molecule has 3 heteroatoms. The van der Waals surface area contributed by atoms with Crippen LogP contribution in [-0.4, -0.2) is 29.1 Å². The summed E-state index contributed by atoms with van der Waals surface area (Å²) in [6, 6.07) is 0.674. The number of nitrogens with one attached hydrogen (secondary N) is 1. The Hall–Kier alpha value is -0.310. The van der Waals surface area contributed by atoms with Crippen molar-refractivity contribution in [3.63, 3.8) is 0 Å². The van der Waals surface area contributed by atoms with Crippen molar-refractivity contribution in [2.24, 2.45) is 5.92 Å². The fourth-order valence-electron chi connectivity index (χ4n) is 1.71. The van der Waals surface area contributed by atoms with Crippen LogP contribution in [0.5, 0.6) is 0 Å². The van der Waals surface area contributed by atoms with Gasteiger partial charge in [-0.1, -0.05) is 26.7 Å². The minimum absolute atomic E-state index is 0.674. The van der Waals surface area contributed by atoms with Gasteiger partial charge in [-0.2, -0.15) is 0 Å². The third-order valence-corrected chi connectivity index (χ3v) is 3.58. The molecule has 2 nitrogen and oxygen atoms in total. The zero-order valence-electron chi connectivity index (χ0n) is 10.3. The molecule has 0 aromatic heterocycles. The molecule has 88 valence electrons. The van der Waals surface area contributed by atoms with E-state index in [0.29, 0.717) is 6.04 Å². The summed E-state index contributed by atoms with van der Waals surface area (Å²) in [5.74, 6) is 0.781. The van der Waals surface area contributed by atoms with Crippen LogP contribution in [0.15, 0.2) is 0 Å². The molecule has 1 rings (SSSR count). The van der Waals surface area contributed by atoms with Crippen molar-refractivity contribution in [3.05, 3.63) is 0 Å². The molecule has 0 unspecified atom stereocenters. The molecule has 1 saturated carbocycles. The Morgan fingerprint density at radius 3 is 2.33 bits per heavy atom. The summed E-state index contributed by atoms with van der Waals surface area (Å²) in [7, 11) is 0. The van der Waals surface area contributed by atoms with Crippen molar-refractivity contribution in [3.8, 4) is 0 Å². The molecular weight excluding hydrogens is 204 g/mol. The van der Waals surface area contributed by atoms with Crippen molar-refractivity contribution in [2.75, 3.05) is 13.1 Å². The van der Waals surface area contributed by atoms with Crippen molar-refractivity contribution < 1.29 is 0 Å². The summed E-state index contributed by atoms with van der Waals surface area (Å²) in [6.45, 7) is 8.85. The van der Waals surface area contributed by atoms with Crippen LogP contribution in [0, 0.1) is 5.92 Å². The van der Waals surface area contributed by atoms with Gasteiger partial charge in [0.05, 0.1) is 0 Å². The van der Waals surface area contributed by atoms with Crippen molar-refractivity contribution >= 4 is 17.3 Å². The molecule has 15 heavy (non-hydrogen) atoms. The van der Waals surface area contributed by atoms with E-state index in [1.807, 2.05) is 0 Å². The fourth-order valence-corrected chi connectivity index (χ4v) is 2.08. The summed E-state index contributed by atoms with van der Waals surface area (Å²) >= 11 is 5.42. The van der Waals surface area contributed by atoms with Gasteiger partial charge in [-0.05, 0) is 37.9 Å². The number of thiocarbonyl (C=S) groups is 1. The van der Waals surface area contributed by atoms with E-state index in [1.54, 1.807) is 0 Å². The van der Waals surface area contributed by atoms with E-state index in [1.165, 1.54) is 25.7 Å². The van der Waals surface area contributed by atoms with E-state index in [0.717, 1.165) is 24.1 Å². The van der Waals surface area contributed by atoms with Crippen molar-refractivity contribution in [1.29, 1.82) is 0 Å². The summed E-state index contributed by atoms with van der Waals surface area (Å²) in [4.78, 5) is 2.31. The summed E-state index contributed by atoms with van der Waals surface area (Å²) in [6.07, 6.45) is 5.09. The van der Waals surface area contributed by atoms with Gasteiger partial charge in [-0.3, -0.25) is 0 Å². The highest BCUT2D eigenvalue weighted by molar-refractivity contribution is 7.80. The standard InChI is InChI=1S/C12H24N2S/c1-4-10(5-2)9-14(6-3)12(15)13-11-7-8-11/h10-11H,4-9H2,1-3H3,(H,13,15). The molecule has 0 saturated heterocycles. The molecule has 0 aromatic carbocycles. The average Bonchev–Trinajstić information content (AvgIpc) is 3.03. The van der Waals surface area contributed by atoms with Gasteiger partial charge in [-0.15, -0.1) is 0 Å². The molecule has 1 N–H and O–H groups in total. The quantitative estimate of drug-likeness (QED) is 0.704. The van der Waals surface area contributed by atoms with Crippen LogP contribution in [0.4, 0.5) is 0 Å². The average molecular weight is 228 g/mol. The molecule has 0 aliphatic heterocycles. The Morgan fingerprint density at radius 2 is 1.93 bits per heavy atom. The smallest absolute Gasteiger partial charge is 0.169 e. The molecule has 0 heterocycles. The van der Waals surface area contributed by atoms with Gasteiger partial charge in [0.15, 0.2) is 5.11 Å². The SMILES string of the molecule is CCC(CC)CN(CC)C(=S)NC1CC1. The van der Waals surface area contributed by atoms with E-state index >= 15 is 0 Å². The second-order valence-electron chi connectivity index (χ2n) is 4.44. The van der Waals surface area contributed by atoms with E-state index < -0.39 is 0 Å². The molecule has 0 amide bonds. The van der Waals surface area contributed by atoms with Gasteiger partial charge in [0, 0.05) is 19.1 Å². The Kier molecular flexibility index (Phi) is 5.37. The van der Waals surface area contributed by atoms with Crippen LogP contribution in [-0.2, 0) is 0 Å². The van der Waals surface area contributed by atoms with Gasteiger partial charge in [0.25, 0.3) is 0 Å². The van der Waals surface area contributed by atoms with Crippen LogP contribution >= 0.6 is 12.2 Å². The topological polar surface area (TPSA) is 15.3 Å². The van der Waals surface area contributed by atoms with Crippen LogP contribution in [0.1, 0.15) is 46.5 Å². The minimum atomic E-state index is 0.674. The number of nitrogens with zero attached hydrogens (tertiary/aromatic N) is 1. The molecule has 0 aromatic rings. The Bertz CT molecular complexity index is 198. The predicted octanol–water partition coefficient (Wildman–Crippen LogP) is 2.78. The second kappa shape index (κ2) is 6.31. The maximum atomic E-state index is 5.42. The number of rotatable bonds is 6. The highest BCUT2D eigenvalue weighted by Crippen LogP contribution is 2.19. The predicted molar refractivity (Wildman–Crippen MR) is 70.1 cm³/mol. The highest BCUT2D eigenvalue weighted by Gasteiger charge is 2.23. The largest absolute Gasteiger partial charge is 0.360 e. The Morgan fingerprint density at radius 1 is 1.33 bits per heavy atom. The van der Waals surface area contributed by atoms with Crippen molar-refractivity contribution in [2.45, 2.75) is 52.5 Å². The molecular formula is C12H24N2S. The molecule has 0 atom stereocenters. The maximum absolute atomic E-state index is 5.42. The second-order valence-corrected chi connectivity index (χ2v) is 4.83. The first-order valence-electron chi connectivity index (χ1n) is 6.26. The monoisotopic (exact) mass is 228 g/mol. The Balaban J connectivity index is 2.34. The summed E-state index contributed by atoms with van der Waals surface area (Å²) in [5, 5.41) is 4.38. The summed E-state index contributed by atoms with van der Waals surface area (Å²) in [5.41, 5.74) is 0. The van der Waals surface area contributed by atoms with Gasteiger partial charge in [0.1, 0.15) is 0 Å². The van der Waals surface area contributed by atoms with Gasteiger partial charge >= 0.3 is 0 Å². The van der Waals surface area contributed by atoms with Crippen LogP contribution < -0.4 is 5.32 Å². The van der Waals surface area contributed by atoms with E-state index in [-0.39, 0.29) is 0 Å². The summed E-state index contributed by atoms with van der Waals surface area (Å²) < 4.78 is 0. The van der Waals surface area contributed by atoms with Crippen LogP contribution in [0.25, 0.3) is 0 Å². The zero-order valence-corrected chi connectivity index (χ0v) is 11.1. The molecule has 1 aliphatic rings. The van der Waals surface area contributed by atoms with Crippen LogP contribution in [0.3, 0.4) is 0 Å². The van der Waals surface area contributed by atoms with E-state index in [2.05, 4.69) is 31.0 Å². The lowest BCUT2D eigenvalue weighted by molar-refractivity contribution is 0.331. The minimum Gasteiger partial charge on any atom is -0.360 e. The van der Waals surface area contributed by atoms with Crippen LogP contribution in [0.2, 0.25) is 0 Å². The third kappa shape index (κ3) is 4.37. The highest BCUT2D eigenvalue weighted by atomic mass is 32.1. The zero-order chi connectivity index (χ0) is 11.3. The first-order chi connectivity index (χ1) is 7.21. The molecule has 0 radical (unpaired) electrons. The van der Waals surface area contributed by atoms with Crippen molar-refractivity contribution in [1.82, 2.24) is 10.2 Å².